The maximum atomic E-state index is 6.00. The van der Waals surface area contributed by atoms with Crippen molar-refractivity contribution in [2.45, 2.75) is 51.8 Å². The molecule has 2 N–H and O–H groups in total. The minimum absolute atomic E-state index is 0. The Bertz CT molecular complexity index is 987. The molecule has 0 saturated heterocycles. The summed E-state index contributed by atoms with van der Waals surface area (Å²) in [4.78, 5) is 13.6. The number of oxazole rings is 1. The van der Waals surface area contributed by atoms with Crippen molar-refractivity contribution >= 4 is 29.9 Å². The smallest absolute Gasteiger partial charge is 0.226 e. The summed E-state index contributed by atoms with van der Waals surface area (Å²) in [5.74, 6) is 2.03. The molecule has 170 valence electrons. The SMILES string of the molecule is CCNC(=NCc1ccnc(OC2CCCC2)c1)NCc1coc(-c2ccccc2)n1.I. The largest absolute Gasteiger partial charge is 0.474 e. The van der Waals surface area contributed by atoms with Crippen LogP contribution in [-0.2, 0) is 13.1 Å². The van der Waals surface area contributed by atoms with Gasteiger partial charge in [-0.3, -0.25) is 0 Å². The molecule has 3 aromatic rings. The molecule has 1 aromatic carbocycles. The minimum Gasteiger partial charge on any atom is -0.474 e. The van der Waals surface area contributed by atoms with Gasteiger partial charge in [-0.2, -0.15) is 0 Å². The molecule has 2 aromatic heterocycles. The fourth-order valence-corrected chi connectivity index (χ4v) is 3.58. The summed E-state index contributed by atoms with van der Waals surface area (Å²) < 4.78 is 11.6. The first-order valence-corrected chi connectivity index (χ1v) is 10.9. The van der Waals surface area contributed by atoms with Gasteiger partial charge in [0.2, 0.25) is 11.8 Å². The first-order chi connectivity index (χ1) is 15.3. The van der Waals surface area contributed by atoms with Crippen LogP contribution in [0, 0.1) is 0 Å². The standard InChI is InChI=1S/C24H29N5O2.HI/c1-2-25-24(28-16-20-17-30-23(29-20)19-8-4-3-5-9-19)27-15-18-12-13-26-22(14-18)31-21-10-6-7-11-21;/h3-5,8-9,12-14,17,21H,2,6-7,10-11,15-16H2,1H3,(H2,25,27,28);1H. The second-order valence-corrected chi connectivity index (χ2v) is 7.59. The highest BCUT2D eigenvalue weighted by molar-refractivity contribution is 14.0. The predicted molar refractivity (Wildman–Crippen MR) is 136 cm³/mol. The van der Waals surface area contributed by atoms with E-state index in [-0.39, 0.29) is 24.0 Å². The van der Waals surface area contributed by atoms with Crippen molar-refractivity contribution in [2.75, 3.05) is 6.54 Å². The van der Waals surface area contributed by atoms with Crippen LogP contribution in [0.3, 0.4) is 0 Å². The molecule has 1 aliphatic rings. The number of hydrogen-bond acceptors (Lipinski definition) is 5. The predicted octanol–water partition coefficient (Wildman–Crippen LogP) is 4.93. The fourth-order valence-electron chi connectivity index (χ4n) is 3.58. The van der Waals surface area contributed by atoms with Crippen LogP contribution in [-0.4, -0.2) is 28.6 Å². The molecule has 0 amide bonds. The maximum absolute atomic E-state index is 6.00. The number of aromatic nitrogens is 2. The molecular formula is C24H30IN5O2. The van der Waals surface area contributed by atoms with Gasteiger partial charge in [-0.05, 0) is 56.4 Å². The Morgan fingerprint density at radius 1 is 1.16 bits per heavy atom. The summed E-state index contributed by atoms with van der Waals surface area (Å²) in [5.41, 5.74) is 2.84. The lowest BCUT2D eigenvalue weighted by Gasteiger charge is -2.13. The van der Waals surface area contributed by atoms with Gasteiger partial charge in [-0.25, -0.2) is 15.0 Å². The molecule has 0 atom stereocenters. The van der Waals surface area contributed by atoms with Crippen LogP contribution < -0.4 is 15.4 Å². The fraction of sp³-hybridized carbons (Fsp3) is 0.375. The number of nitrogens with one attached hydrogen (secondary N) is 2. The van der Waals surface area contributed by atoms with E-state index >= 15 is 0 Å². The second-order valence-electron chi connectivity index (χ2n) is 7.59. The average Bonchev–Trinajstić information content (AvgIpc) is 3.49. The molecule has 1 fully saturated rings. The van der Waals surface area contributed by atoms with Crippen molar-refractivity contribution in [3.8, 4) is 17.3 Å². The van der Waals surface area contributed by atoms with Crippen LogP contribution in [0.5, 0.6) is 5.88 Å². The molecule has 1 aliphatic carbocycles. The van der Waals surface area contributed by atoms with E-state index in [1.54, 1.807) is 12.5 Å². The van der Waals surface area contributed by atoms with Gasteiger partial charge in [0.15, 0.2) is 5.96 Å². The van der Waals surface area contributed by atoms with Gasteiger partial charge in [-0.15, -0.1) is 24.0 Å². The summed E-state index contributed by atoms with van der Waals surface area (Å²) in [6.45, 7) is 3.87. The van der Waals surface area contributed by atoms with Gasteiger partial charge in [0, 0.05) is 24.4 Å². The van der Waals surface area contributed by atoms with Gasteiger partial charge in [0.05, 0.1) is 18.8 Å². The van der Waals surface area contributed by atoms with Crippen molar-refractivity contribution in [1.82, 2.24) is 20.6 Å². The molecule has 0 radical (unpaired) electrons. The first-order valence-electron chi connectivity index (χ1n) is 10.9. The molecule has 0 aliphatic heterocycles. The third kappa shape index (κ3) is 6.94. The van der Waals surface area contributed by atoms with Crippen LogP contribution >= 0.6 is 24.0 Å². The van der Waals surface area contributed by atoms with Crippen molar-refractivity contribution in [1.29, 1.82) is 0 Å². The number of hydrogen-bond donors (Lipinski definition) is 2. The molecule has 0 bridgehead atoms. The van der Waals surface area contributed by atoms with Crippen LogP contribution in [0.4, 0.5) is 0 Å². The minimum atomic E-state index is 0. The second kappa shape index (κ2) is 12.4. The van der Waals surface area contributed by atoms with E-state index in [0.29, 0.717) is 31.0 Å². The molecular weight excluding hydrogens is 517 g/mol. The van der Waals surface area contributed by atoms with E-state index in [1.807, 2.05) is 49.4 Å². The molecule has 32 heavy (non-hydrogen) atoms. The lowest BCUT2D eigenvalue weighted by Crippen LogP contribution is -2.36. The molecule has 8 heteroatoms. The van der Waals surface area contributed by atoms with Gasteiger partial charge in [0.1, 0.15) is 12.4 Å². The third-order valence-corrected chi connectivity index (χ3v) is 5.16. The molecule has 0 unspecified atom stereocenters. The van der Waals surface area contributed by atoms with E-state index in [4.69, 9.17) is 9.15 Å². The van der Waals surface area contributed by atoms with Gasteiger partial charge in [0.25, 0.3) is 0 Å². The highest BCUT2D eigenvalue weighted by atomic mass is 127. The Labute approximate surface area is 206 Å². The number of halogens is 1. The van der Waals surface area contributed by atoms with Gasteiger partial charge in [-0.1, -0.05) is 18.2 Å². The van der Waals surface area contributed by atoms with Crippen LogP contribution in [0.1, 0.15) is 43.9 Å². The summed E-state index contributed by atoms with van der Waals surface area (Å²) in [7, 11) is 0. The molecule has 0 spiro atoms. The molecule has 7 nitrogen and oxygen atoms in total. The molecule has 4 rings (SSSR count). The van der Waals surface area contributed by atoms with Gasteiger partial charge >= 0.3 is 0 Å². The number of nitrogens with zero attached hydrogens (tertiary/aromatic N) is 3. The third-order valence-electron chi connectivity index (χ3n) is 5.16. The topological polar surface area (TPSA) is 84.6 Å². The number of rotatable bonds is 8. The Balaban J connectivity index is 0.00000289. The molecule has 2 heterocycles. The Morgan fingerprint density at radius 2 is 1.97 bits per heavy atom. The van der Waals surface area contributed by atoms with E-state index < -0.39 is 0 Å². The quantitative estimate of drug-likeness (QED) is 0.237. The van der Waals surface area contributed by atoms with Crippen LogP contribution in [0.25, 0.3) is 11.5 Å². The zero-order valence-electron chi connectivity index (χ0n) is 18.3. The average molecular weight is 547 g/mol. The van der Waals surface area contributed by atoms with Crippen LogP contribution in [0.2, 0.25) is 0 Å². The Hall–Kier alpha value is -2.62. The van der Waals surface area contributed by atoms with E-state index in [1.165, 1.54) is 12.8 Å². The van der Waals surface area contributed by atoms with Crippen LogP contribution in [0.15, 0.2) is 64.3 Å². The Morgan fingerprint density at radius 3 is 2.75 bits per heavy atom. The number of benzene rings is 1. The van der Waals surface area contributed by atoms with Crippen molar-refractivity contribution in [3.05, 3.63) is 66.2 Å². The number of aliphatic imine (C=N–C) groups is 1. The summed E-state index contributed by atoms with van der Waals surface area (Å²) in [6.07, 6.45) is 8.48. The number of pyridine rings is 1. The van der Waals surface area contributed by atoms with E-state index in [9.17, 15) is 0 Å². The van der Waals surface area contributed by atoms with Gasteiger partial charge < -0.3 is 19.8 Å². The molecule has 1 saturated carbocycles. The summed E-state index contributed by atoms with van der Waals surface area (Å²) in [6, 6.07) is 13.8. The highest BCUT2D eigenvalue weighted by Crippen LogP contribution is 2.23. The number of guanidine groups is 1. The first kappa shape index (κ1) is 24.0. The normalized spacial score (nSPS) is 14.1. The van der Waals surface area contributed by atoms with E-state index in [0.717, 1.165) is 42.2 Å². The maximum Gasteiger partial charge on any atom is 0.226 e. The summed E-state index contributed by atoms with van der Waals surface area (Å²) in [5, 5.41) is 6.58. The Kier molecular flexibility index (Phi) is 9.33. The monoisotopic (exact) mass is 547 g/mol. The zero-order chi connectivity index (χ0) is 21.3. The lowest BCUT2D eigenvalue weighted by molar-refractivity contribution is 0.201. The van der Waals surface area contributed by atoms with Crippen molar-refractivity contribution in [3.63, 3.8) is 0 Å². The highest BCUT2D eigenvalue weighted by Gasteiger charge is 2.17. The summed E-state index contributed by atoms with van der Waals surface area (Å²) >= 11 is 0. The lowest BCUT2D eigenvalue weighted by atomic mass is 10.2. The number of ether oxygens (including phenoxy) is 1. The zero-order valence-corrected chi connectivity index (χ0v) is 20.6. The van der Waals surface area contributed by atoms with Crippen molar-refractivity contribution < 1.29 is 9.15 Å². The van der Waals surface area contributed by atoms with Crippen molar-refractivity contribution in [2.24, 2.45) is 4.99 Å². The van der Waals surface area contributed by atoms with E-state index in [2.05, 4.69) is 25.6 Å².